The summed E-state index contributed by atoms with van der Waals surface area (Å²) in [6.45, 7) is 5.33. The summed E-state index contributed by atoms with van der Waals surface area (Å²) in [5.74, 6) is 0.977. The van der Waals surface area contributed by atoms with E-state index in [1.807, 2.05) is 31.2 Å². The van der Waals surface area contributed by atoms with Crippen LogP contribution >= 0.6 is 11.8 Å². The maximum absolute atomic E-state index is 11.9. The lowest BCUT2D eigenvalue weighted by atomic mass is 10.2. The molecule has 130 valence electrons. The summed E-state index contributed by atoms with van der Waals surface area (Å²) < 4.78 is 7.21. The fraction of sp³-hybridized carbons (Fsp3) is 0.500. The predicted molar refractivity (Wildman–Crippen MR) is 93.6 cm³/mol. The van der Waals surface area contributed by atoms with Gasteiger partial charge in [0.2, 0.25) is 11.1 Å². The van der Waals surface area contributed by atoms with E-state index in [1.54, 1.807) is 4.68 Å². The van der Waals surface area contributed by atoms with Crippen LogP contribution in [0, 0.1) is 0 Å². The van der Waals surface area contributed by atoms with Crippen molar-refractivity contribution in [2.24, 2.45) is 0 Å². The molecule has 0 fully saturated rings. The van der Waals surface area contributed by atoms with E-state index < -0.39 is 0 Å². The standard InChI is InChI=1S/C16H23N5O2S/c1-3-5-8-11-17-15(22)12-24-16-18-19-20-21(16)13-9-6-7-10-14(13)23-4-2/h6-7,9-10H,3-5,8,11-12H2,1-2H3,(H,17,22). The highest BCUT2D eigenvalue weighted by Gasteiger charge is 2.14. The largest absolute Gasteiger partial charge is 0.492 e. The molecule has 0 saturated carbocycles. The first-order valence-corrected chi connectivity index (χ1v) is 9.14. The van der Waals surface area contributed by atoms with Gasteiger partial charge in [-0.2, -0.15) is 4.68 Å². The van der Waals surface area contributed by atoms with Crippen LogP contribution in [0.1, 0.15) is 33.1 Å². The number of thioether (sulfide) groups is 1. The second kappa shape index (κ2) is 9.92. The van der Waals surface area contributed by atoms with Crippen molar-refractivity contribution >= 4 is 17.7 Å². The zero-order valence-electron chi connectivity index (χ0n) is 14.1. The van der Waals surface area contributed by atoms with Crippen LogP contribution in [-0.4, -0.2) is 45.0 Å². The molecule has 0 bridgehead atoms. The number of carbonyl (C=O) groups excluding carboxylic acids is 1. The Morgan fingerprint density at radius 1 is 1.29 bits per heavy atom. The zero-order chi connectivity index (χ0) is 17.2. The van der Waals surface area contributed by atoms with Crippen LogP contribution in [0.3, 0.4) is 0 Å². The topological polar surface area (TPSA) is 81.9 Å². The molecular formula is C16H23N5O2S. The van der Waals surface area contributed by atoms with Gasteiger partial charge in [-0.05, 0) is 35.9 Å². The lowest BCUT2D eigenvalue weighted by molar-refractivity contribution is -0.118. The van der Waals surface area contributed by atoms with E-state index in [-0.39, 0.29) is 11.7 Å². The maximum atomic E-state index is 11.9. The normalized spacial score (nSPS) is 10.6. The van der Waals surface area contributed by atoms with Crippen LogP contribution in [0.5, 0.6) is 5.75 Å². The third-order valence-corrected chi connectivity index (χ3v) is 4.19. The molecular weight excluding hydrogens is 326 g/mol. The Morgan fingerprint density at radius 3 is 2.92 bits per heavy atom. The minimum absolute atomic E-state index is 0.0104. The predicted octanol–water partition coefficient (Wildman–Crippen LogP) is 2.46. The Balaban J connectivity index is 1.97. The lowest BCUT2D eigenvalue weighted by Gasteiger charge is -2.10. The van der Waals surface area contributed by atoms with Crippen LogP contribution in [0.15, 0.2) is 29.4 Å². The van der Waals surface area contributed by atoms with E-state index in [9.17, 15) is 4.79 Å². The Labute approximate surface area is 146 Å². The molecule has 24 heavy (non-hydrogen) atoms. The van der Waals surface area contributed by atoms with Crippen LogP contribution in [-0.2, 0) is 4.79 Å². The molecule has 0 unspecified atom stereocenters. The molecule has 7 nitrogen and oxygen atoms in total. The van der Waals surface area contributed by atoms with Crippen molar-refractivity contribution in [1.82, 2.24) is 25.5 Å². The number of para-hydroxylation sites is 2. The van der Waals surface area contributed by atoms with E-state index >= 15 is 0 Å². The number of carbonyl (C=O) groups is 1. The minimum atomic E-state index is -0.0104. The third kappa shape index (κ3) is 5.23. The summed E-state index contributed by atoms with van der Waals surface area (Å²) >= 11 is 1.31. The molecule has 1 amide bonds. The number of hydrogen-bond donors (Lipinski definition) is 1. The smallest absolute Gasteiger partial charge is 0.230 e. The number of unbranched alkanes of at least 4 members (excludes halogenated alkanes) is 2. The van der Waals surface area contributed by atoms with Gasteiger partial charge in [0.15, 0.2) is 0 Å². The Morgan fingerprint density at radius 2 is 2.12 bits per heavy atom. The first-order valence-electron chi connectivity index (χ1n) is 8.16. The van der Waals surface area contributed by atoms with Gasteiger partial charge < -0.3 is 10.1 Å². The molecule has 0 aliphatic carbocycles. The van der Waals surface area contributed by atoms with Gasteiger partial charge in [0.25, 0.3) is 0 Å². The van der Waals surface area contributed by atoms with Crippen molar-refractivity contribution in [3.63, 3.8) is 0 Å². The van der Waals surface area contributed by atoms with Gasteiger partial charge in [0, 0.05) is 6.54 Å². The van der Waals surface area contributed by atoms with Gasteiger partial charge in [0.05, 0.1) is 12.4 Å². The molecule has 0 aliphatic rings. The van der Waals surface area contributed by atoms with Crippen LogP contribution in [0.4, 0.5) is 0 Å². The van der Waals surface area contributed by atoms with Gasteiger partial charge >= 0.3 is 0 Å². The molecule has 0 saturated heterocycles. The summed E-state index contributed by atoms with van der Waals surface area (Å²) in [5.41, 5.74) is 0.759. The number of ether oxygens (including phenoxy) is 1. The lowest BCUT2D eigenvalue weighted by Crippen LogP contribution is -2.26. The molecule has 1 aromatic heterocycles. The number of nitrogens with zero attached hydrogens (tertiary/aromatic N) is 4. The van der Waals surface area contributed by atoms with E-state index in [2.05, 4.69) is 27.8 Å². The van der Waals surface area contributed by atoms with Gasteiger partial charge in [-0.25, -0.2) is 0 Å². The number of amides is 1. The maximum Gasteiger partial charge on any atom is 0.230 e. The summed E-state index contributed by atoms with van der Waals surface area (Å²) in [7, 11) is 0. The van der Waals surface area contributed by atoms with Gasteiger partial charge in [-0.3, -0.25) is 4.79 Å². The monoisotopic (exact) mass is 349 g/mol. The van der Waals surface area contributed by atoms with E-state index in [1.165, 1.54) is 11.8 Å². The summed E-state index contributed by atoms with van der Waals surface area (Å²) in [6.07, 6.45) is 3.27. The average Bonchev–Trinajstić information content (AvgIpc) is 3.06. The molecule has 1 aromatic carbocycles. The molecule has 2 aromatic rings. The van der Waals surface area contributed by atoms with Crippen molar-refractivity contribution in [1.29, 1.82) is 0 Å². The van der Waals surface area contributed by atoms with E-state index in [0.29, 0.717) is 24.1 Å². The van der Waals surface area contributed by atoms with E-state index in [0.717, 1.165) is 24.9 Å². The second-order valence-electron chi connectivity index (χ2n) is 5.12. The third-order valence-electron chi connectivity index (χ3n) is 3.27. The minimum Gasteiger partial charge on any atom is -0.492 e. The number of rotatable bonds is 10. The molecule has 8 heteroatoms. The fourth-order valence-electron chi connectivity index (χ4n) is 2.11. The highest BCUT2D eigenvalue weighted by Crippen LogP contribution is 2.25. The molecule has 2 rings (SSSR count). The van der Waals surface area contributed by atoms with Crippen LogP contribution < -0.4 is 10.1 Å². The zero-order valence-corrected chi connectivity index (χ0v) is 14.9. The molecule has 0 atom stereocenters. The molecule has 1 N–H and O–H groups in total. The molecule has 0 spiro atoms. The first-order chi connectivity index (χ1) is 11.8. The quantitative estimate of drug-likeness (QED) is 0.524. The van der Waals surface area contributed by atoms with Crippen molar-refractivity contribution < 1.29 is 9.53 Å². The van der Waals surface area contributed by atoms with Crippen molar-refractivity contribution in [3.8, 4) is 11.4 Å². The number of hydrogen-bond acceptors (Lipinski definition) is 6. The van der Waals surface area contributed by atoms with Crippen LogP contribution in [0.25, 0.3) is 5.69 Å². The Hall–Kier alpha value is -2.09. The number of tetrazole rings is 1. The van der Waals surface area contributed by atoms with Crippen molar-refractivity contribution in [3.05, 3.63) is 24.3 Å². The summed E-state index contributed by atoms with van der Waals surface area (Å²) in [4.78, 5) is 11.9. The number of benzene rings is 1. The summed E-state index contributed by atoms with van der Waals surface area (Å²) in [6, 6.07) is 7.55. The fourth-order valence-corrected chi connectivity index (χ4v) is 2.83. The molecule has 0 radical (unpaired) electrons. The highest BCUT2D eigenvalue weighted by molar-refractivity contribution is 7.99. The summed E-state index contributed by atoms with van der Waals surface area (Å²) in [5, 5.41) is 15.2. The first kappa shape index (κ1) is 18.3. The molecule has 0 aliphatic heterocycles. The number of nitrogens with one attached hydrogen (secondary N) is 1. The van der Waals surface area contributed by atoms with Gasteiger partial charge in [-0.1, -0.05) is 43.7 Å². The van der Waals surface area contributed by atoms with Crippen molar-refractivity contribution in [2.45, 2.75) is 38.3 Å². The highest BCUT2D eigenvalue weighted by atomic mass is 32.2. The van der Waals surface area contributed by atoms with Crippen LogP contribution in [0.2, 0.25) is 0 Å². The SMILES string of the molecule is CCCCCNC(=O)CSc1nnnn1-c1ccccc1OCC. The van der Waals surface area contributed by atoms with Gasteiger partial charge in [-0.15, -0.1) is 5.10 Å². The Kier molecular flexibility index (Phi) is 7.54. The molecule has 1 heterocycles. The van der Waals surface area contributed by atoms with E-state index in [4.69, 9.17) is 4.74 Å². The number of aromatic nitrogens is 4. The van der Waals surface area contributed by atoms with Crippen molar-refractivity contribution in [2.75, 3.05) is 18.9 Å². The van der Waals surface area contributed by atoms with Gasteiger partial charge in [0.1, 0.15) is 11.4 Å². The Bertz CT molecular complexity index is 647. The second-order valence-corrected chi connectivity index (χ2v) is 6.06. The average molecular weight is 349 g/mol.